The molecule has 2 amide bonds. The Morgan fingerprint density at radius 2 is 1.93 bits per heavy atom. The topological polar surface area (TPSA) is 149 Å². The van der Waals surface area contributed by atoms with E-state index in [2.05, 4.69) is 10.6 Å². The number of carbonyl (C=O) groups excluding carboxylic acids is 2. The van der Waals surface area contributed by atoms with Gasteiger partial charge in [-0.1, -0.05) is 30.3 Å². The number of benzene rings is 1. The quantitative estimate of drug-likeness (QED) is 0.157. The predicted molar refractivity (Wildman–Crippen MR) is 101 cm³/mol. The molecule has 0 heterocycles. The molecular weight excluding hydrogens is 350 g/mol. The molecule has 0 aliphatic rings. The molecule has 1 atom stereocenters. The molecule has 9 heteroatoms. The number of rotatable bonds is 11. The first-order valence-corrected chi connectivity index (χ1v) is 8.67. The highest BCUT2D eigenvalue weighted by Gasteiger charge is 2.24. The van der Waals surface area contributed by atoms with E-state index in [0.717, 1.165) is 5.56 Å². The molecule has 0 fully saturated rings. The molecule has 0 unspecified atom stereocenters. The lowest BCUT2D eigenvalue weighted by Gasteiger charge is -2.24. The fourth-order valence-corrected chi connectivity index (χ4v) is 2.49. The molecule has 0 aliphatic carbocycles. The van der Waals surface area contributed by atoms with Crippen molar-refractivity contribution in [3.05, 3.63) is 35.9 Å². The van der Waals surface area contributed by atoms with E-state index < -0.39 is 24.3 Å². The largest absolute Gasteiger partial charge is 0.481 e. The van der Waals surface area contributed by atoms with Crippen molar-refractivity contribution in [2.75, 3.05) is 20.1 Å². The smallest absolute Gasteiger partial charge is 0.312 e. The Morgan fingerprint density at radius 1 is 1.26 bits per heavy atom. The molecule has 6 N–H and O–H groups in total. The number of hydrogen-bond acceptors (Lipinski definition) is 4. The summed E-state index contributed by atoms with van der Waals surface area (Å²) in [5.74, 6) is -2.42. The van der Waals surface area contributed by atoms with Crippen LogP contribution < -0.4 is 16.4 Å². The van der Waals surface area contributed by atoms with Crippen LogP contribution in [-0.4, -0.2) is 59.9 Å². The van der Waals surface area contributed by atoms with Crippen molar-refractivity contribution in [3.8, 4) is 0 Å². The van der Waals surface area contributed by atoms with E-state index in [9.17, 15) is 14.4 Å². The number of carbonyl (C=O) groups is 3. The summed E-state index contributed by atoms with van der Waals surface area (Å²) in [5, 5.41) is 21.0. The van der Waals surface area contributed by atoms with Gasteiger partial charge in [-0.15, -0.1) is 0 Å². The molecule has 0 saturated carbocycles. The summed E-state index contributed by atoms with van der Waals surface area (Å²) in [7, 11) is 1.65. The third-order valence-electron chi connectivity index (χ3n) is 3.89. The van der Waals surface area contributed by atoms with Gasteiger partial charge in [-0.25, -0.2) is 0 Å². The average molecular weight is 377 g/mol. The van der Waals surface area contributed by atoms with Gasteiger partial charge < -0.3 is 26.4 Å². The van der Waals surface area contributed by atoms with Crippen LogP contribution in [0.4, 0.5) is 0 Å². The Morgan fingerprint density at radius 3 is 2.52 bits per heavy atom. The molecule has 27 heavy (non-hydrogen) atoms. The van der Waals surface area contributed by atoms with Gasteiger partial charge in [0.1, 0.15) is 12.5 Å². The van der Waals surface area contributed by atoms with E-state index in [0.29, 0.717) is 32.4 Å². The zero-order valence-corrected chi connectivity index (χ0v) is 15.4. The molecule has 1 aromatic carbocycles. The van der Waals surface area contributed by atoms with Crippen LogP contribution in [0.5, 0.6) is 0 Å². The summed E-state index contributed by atoms with van der Waals surface area (Å²) in [6, 6.07) is 8.88. The van der Waals surface area contributed by atoms with Crippen LogP contribution >= 0.6 is 0 Å². The number of nitrogens with one attached hydrogen (secondary N) is 3. The van der Waals surface area contributed by atoms with Gasteiger partial charge in [0.2, 0.25) is 11.8 Å². The zero-order chi connectivity index (χ0) is 20.2. The summed E-state index contributed by atoms with van der Waals surface area (Å²) in [6.45, 7) is 0.849. The van der Waals surface area contributed by atoms with Crippen LogP contribution in [0.3, 0.4) is 0 Å². The minimum Gasteiger partial charge on any atom is -0.481 e. The maximum Gasteiger partial charge on any atom is 0.312 e. The van der Waals surface area contributed by atoms with Gasteiger partial charge in [0.05, 0.1) is 0 Å². The second-order valence-electron chi connectivity index (χ2n) is 6.17. The highest BCUT2D eigenvalue weighted by atomic mass is 16.4. The highest BCUT2D eigenvalue weighted by molar-refractivity contribution is 5.96. The van der Waals surface area contributed by atoms with Gasteiger partial charge in [-0.05, 0) is 24.8 Å². The summed E-state index contributed by atoms with van der Waals surface area (Å²) < 4.78 is 0. The molecule has 0 spiro atoms. The minimum absolute atomic E-state index is 0.173. The molecular formula is C18H27N5O4. The predicted octanol–water partition coefficient (Wildman–Crippen LogP) is -0.0897. The van der Waals surface area contributed by atoms with Crippen molar-refractivity contribution in [1.82, 2.24) is 15.5 Å². The summed E-state index contributed by atoms with van der Waals surface area (Å²) in [5.41, 5.74) is 6.30. The average Bonchev–Trinajstić information content (AvgIpc) is 2.61. The Kier molecular flexibility index (Phi) is 9.35. The van der Waals surface area contributed by atoms with Gasteiger partial charge in [0.25, 0.3) is 0 Å². The van der Waals surface area contributed by atoms with Crippen molar-refractivity contribution < 1.29 is 19.5 Å². The number of carboxylic acid groups (broad SMARTS) is 1. The molecule has 1 rings (SSSR count). The first-order chi connectivity index (χ1) is 12.8. The van der Waals surface area contributed by atoms with Crippen LogP contribution in [0.1, 0.15) is 24.8 Å². The fourth-order valence-electron chi connectivity index (χ4n) is 2.49. The second kappa shape index (κ2) is 11.5. The van der Waals surface area contributed by atoms with Crippen molar-refractivity contribution in [1.29, 1.82) is 5.41 Å². The normalized spacial score (nSPS) is 11.3. The minimum atomic E-state index is -1.26. The molecule has 0 aliphatic heterocycles. The van der Waals surface area contributed by atoms with Crippen LogP contribution in [0, 0.1) is 5.41 Å². The van der Waals surface area contributed by atoms with E-state index in [4.69, 9.17) is 16.2 Å². The molecule has 0 radical (unpaired) electrons. The van der Waals surface area contributed by atoms with Crippen LogP contribution in [0.25, 0.3) is 0 Å². The number of guanidine groups is 1. The van der Waals surface area contributed by atoms with Gasteiger partial charge in [0, 0.05) is 20.1 Å². The first-order valence-electron chi connectivity index (χ1n) is 8.67. The lowest BCUT2D eigenvalue weighted by atomic mass is 10.1. The number of likely N-dealkylation sites (N-methyl/N-ethyl adjacent to an activating group) is 1. The van der Waals surface area contributed by atoms with Gasteiger partial charge in [-0.2, -0.15) is 0 Å². The number of nitrogens with zero attached hydrogens (tertiary/aromatic N) is 1. The van der Waals surface area contributed by atoms with Gasteiger partial charge >= 0.3 is 5.97 Å². The monoisotopic (exact) mass is 377 g/mol. The zero-order valence-electron chi connectivity index (χ0n) is 15.4. The summed E-state index contributed by atoms with van der Waals surface area (Å²) in [6.07, 6.45) is 0.768. The van der Waals surface area contributed by atoms with Crippen molar-refractivity contribution in [3.63, 3.8) is 0 Å². The Balaban J connectivity index is 2.63. The molecule has 9 nitrogen and oxygen atoms in total. The fraction of sp³-hybridized carbons (Fsp3) is 0.444. The number of aliphatic carboxylic acids is 1. The van der Waals surface area contributed by atoms with Crippen LogP contribution in [0.15, 0.2) is 30.3 Å². The van der Waals surface area contributed by atoms with E-state index in [-0.39, 0.29) is 11.9 Å². The van der Waals surface area contributed by atoms with Gasteiger partial charge in [0.15, 0.2) is 5.96 Å². The number of nitrogens with two attached hydrogens (primary N) is 1. The van der Waals surface area contributed by atoms with E-state index in [1.165, 1.54) is 4.90 Å². The lowest BCUT2D eigenvalue weighted by Crippen LogP contribution is -2.48. The summed E-state index contributed by atoms with van der Waals surface area (Å²) in [4.78, 5) is 36.7. The van der Waals surface area contributed by atoms with E-state index in [1.807, 2.05) is 30.3 Å². The molecule has 0 saturated heterocycles. The number of hydrogen-bond donors (Lipinski definition) is 5. The standard InChI is InChI=1S/C18H27N5O4/c1-23(11-9-13-6-3-2-4-7-13)17(27)14(8-5-10-21-18(19)20)22-15(24)12-16(25)26/h2-4,6-7,14H,5,8-12H2,1H3,(H,22,24)(H,25,26)(H4,19,20,21)/t14-/m1/s1. The van der Waals surface area contributed by atoms with Crippen LogP contribution in [-0.2, 0) is 20.8 Å². The lowest BCUT2D eigenvalue weighted by molar-refractivity contribution is -0.142. The van der Waals surface area contributed by atoms with E-state index in [1.54, 1.807) is 7.05 Å². The third kappa shape index (κ3) is 9.24. The number of carboxylic acids is 1. The first kappa shape index (κ1) is 21.9. The highest BCUT2D eigenvalue weighted by Crippen LogP contribution is 2.05. The number of amides is 2. The Bertz CT molecular complexity index is 650. The van der Waals surface area contributed by atoms with Crippen molar-refractivity contribution in [2.24, 2.45) is 5.73 Å². The van der Waals surface area contributed by atoms with Gasteiger partial charge in [-0.3, -0.25) is 19.8 Å². The third-order valence-corrected chi connectivity index (χ3v) is 3.89. The van der Waals surface area contributed by atoms with Crippen LogP contribution in [0.2, 0.25) is 0 Å². The molecule has 0 aromatic heterocycles. The SMILES string of the molecule is CN(CCc1ccccc1)C(=O)[C@@H](CCCNC(=N)N)NC(=O)CC(=O)O. The van der Waals surface area contributed by atoms with Crippen molar-refractivity contribution >= 4 is 23.7 Å². The molecule has 148 valence electrons. The molecule has 0 bridgehead atoms. The Hall–Kier alpha value is -3.10. The Labute approximate surface area is 158 Å². The maximum absolute atomic E-state index is 12.7. The van der Waals surface area contributed by atoms with Crippen molar-refractivity contribution in [2.45, 2.75) is 31.7 Å². The molecule has 1 aromatic rings. The second-order valence-corrected chi connectivity index (χ2v) is 6.17. The van der Waals surface area contributed by atoms with E-state index >= 15 is 0 Å². The summed E-state index contributed by atoms with van der Waals surface area (Å²) >= 11 is 0. The maximum atomic E-state index is 12.7.